The predicted molar refractivity (Wildman–Crippen MR) is 62.6 cm³/mol. The van der Waals surface area contributed by atoms with E-state index in [0.717, 1.165) is 31.7 Å². The maximum absolute atomic E-state index is 13.7. The van der Waals surface area contributed by atoms with E-state index < -0.39 is 17.2 Å². The highest BCUT2D eigenvalue weighted by Crippen LogP contribution is 2.36. The highest BCUT2D eigenvalue weighted by Gasteiger charge is 2.31. The molecule has 1 fully saturated rings. The number of hydrogen-bond acceptors (Lipinski definition) is 1. The molecular formula is C14H18F2O. The minimum absolute atomic E-state index is 0.251. The number of rotatable bonds is 1. The van der Waals surface area contributed by atoms with E-state index in [1.807, 2.05) is 0 Å². The third kappa shape index (κ3) is 2.83. The lowest BCUT2D eigenvalue weighted by Gasteiger charge is -2.30. The fourth-order valence-electron chi connectivity index (χ4n) is 2.63. The van der Waals surface area contributed by atoms with Crippen LogP contribution >= 0.6 is 0 Å². The van der Waals surface area contributed by atoms with Crippen molar-refractivity contribution in [2.24, 2.45) is 0 Å². The molecule has 1 saturated carbocycles. The van der Waals surface area contributed by atoms with Crippen molar-refractivity contribution in [2.45, 2.75) is 50.5 Å². The van der Waals surface area contributed by atoms with Crippen LogP contribution < -0.4 is 0 Å². The average molecular weight is 240 g/mol. The van der Waals surface area contributed by atoms with Crippen LogP contribution in [-0.4, -0.2) is 5.11 Å². The Kier molecular flexibility index (Phi) is 3.77. The fraction of sp³-hybridized carbons (Fsp3) is 0.571. The van der Waals surface area contributed by atoms with E-state index in [9.17, 15) is 13.9 Å². The Balaban J connectivity index is 2.27. The SMILES string of the molecule is OC1(c2ccc(F)cc2F)CCCCCCC1. The summed E-state index contributed by atoms with van der Waals surface area (Å²) in [7, 11) is 0. The largest absolute Gasteiger partial charge is 0.385 e. The molecule has 1 aliphatic rings. The van der Waals surface area contributed by atoms with Gasteiger partial charge in [0.2, 0.25) is 0 Å². The van der Waals surface area contributed by atoms with E-state index in [1.165, 1.54) is 18.6 Å². The lowest BCUT2D eigenvalue weighted by molar-refractivity contribution is 0.00630. The summed E-state index contributed by atoms with van der Waals surface area (Å²) in [6, 6.07) is 3.45. The lowest BCUT2D eigenvalue weighted by atomic mass is 9.81. The van der Waals surface area contributed by atoms with Gasteiger partial charge in [-0.05, 0) is 18.9 Å². The smallest absolute Gasteiger partial charge is 0.132 e. The van der Waals surface area contributed by atoms with Gasteiger partial charge in [0.15, 0.2) is 0 Å². The Labute approximate surface area is 100 Å². The van der Waals surface area contributed by atoms with Crippen LogP contribution in [0.4, 0.5) is 8.78 Å². The molecule has 1 aromatic carbocycles. The van der Waals surface area contributed by atoms with E-state index in [2.05, 4.69) is 0 Å². The summed E-state index contributed by atoms with van der Waals surface area (Å²) in [4.78, 5) is 0. The van der Waals surface area contributed by atoms with E-state index >= 15 is 0 Å². The average Bonchev–Trinajstić information content (AvgIpc) is 2.24. The molecule has 94 valence electrons. The molecule has 0 radical (unpaired) electrons. The molecule has 2 rings (SSSR count). The summed E-state index contributed by atoms with van der Waals surface area (Å²) in [6.45, 7) is 0. The summed E-state index contributed by atoms with van der Waals surface area (Å²) in [5.41, 5.74) is -0.862. The minimum Gasteiger partial charge on any atom is -0.385 e. The second kappa shape index (κ2) is 5.13. The van der Waals surface area contributed by atoms with Crippen LogP contribution in [0.25, 0.3) is 0 Å². The Morgan fingerprint density at radius 1 is 0.941 bits per heavy atom. The van der Waals surface area contributed by atoms with Gasteiger partial charge in [0.1, 0.15) is 11.6 Å². The topological polar surface area (TPSA) is 20.2 Å². The molecule has 0 aromatic heterocycles. The van der Waals surface area contributed by atoms with Crippen LogP contribution in [0.5, 0.6) is 0 Å². The molecule has 0 amide bonds. The third-order valence-electron chi connectivity index (χ3n) is 3.61. The van der Waals surface area contributed by atoms with Gasteiger partial charge in [-0.15, -0.1) is 0 Å². The molecule has 3 heteroatoms. The normalized spacial score (nSPS) is 20.6. The first-order valence-corrected chi connectivity index (χ1v) is 6.30. The number of halogens is 2. The molecule has 0 spiro atoms. The van der Waals surface area contributed by atoms with Crippen molar-refractivity contribution < 1.29 is 13.9 Å². The van der Waals surface area contributed by atoms with Gasteiger partial charge in [-0.3, -0.25) is 0 Å². The van der Waals surface area contributed by atoms with Crippen LogP contribution in [0, 0.1) is 11.6 Å². The molecule has 1 aliphatic carbocycles. The summed E-state index contributed by atoms with van der Waals surface area (Å²) in [5, 5.41) is 10.6. The van der Waals surface area contributed by atoms with Gasteiger partial charge in [0.25, 0.3) is 0 Å². The molecule has 0 unspecified atom stereocenters. The quantitative estimate of drug-likeness (QED) is 0.789. The predicted octanol–water partition coefficient (Wildman–Crippen LogP) is 3.90. The van der Waals surface area contributed by atoms with Crippen LogP contribution in [0.3, 0.4) is 0 Å². The Hall–Kier alpha value is -0.960. The molecule has 0 saturated heterocycles. The Morgan fingerprint density at radius 3 is 2.12 bits per heavy atom. The molecule has 1 aromatic rings. The van der Waals surface area contributed by atoms with E-state index in [4.69, 9.17) is 0 Å². The van der Waals surface area contributed by atoms with Crippen molar-refractivity contribution in [1.29, 1.82) is 0 Å². The van der Waals surface area contributed by atoms with Crippen molar-refractivity contribution in [3.8, 4) is 0 Å². The van der Waals surface area contributed by atoms with Gasteiger partial charge in [-0.1, -0.05) is 38.2 Å². The van der Waals surface area contributed by atoms with Gasteiger partial charge < -0.3 is 5.11 Å². The first-order valence-electron chi connectivity index (χ1n) is 6.30. The molecule has 0 atom stereocenters. The highest BCUT2D eigenvalue weighted by molar-refractivity contribution is 5.25. The van der Waals surface area contributed by atoms with Crippen molar-refractivity contribution in [1.82, 2.24) is 0 Å². The van der Waals surface area contributed by atoms with E-state index in [-0.39, 0.29) is 5.56 Å². The Morgan fingerprint density at radius 2 is 1.53 bits per heavy atom. The molecule has 0 heterocycles. The van der Waals surface area contributed by atoms with Crippen molar-refractivity contribution >= 4 is 0 Å². The van der Waals surface area contributed by atoms with E-state index in [1.54, 1.807) is 0 Å². The summed E-state index contributed by atoms with van der Waals surface area (Å²) in [6.07, 6.45) is 6.25. The van der Waals surface area contributed by atoms with Crippen molar-refractivity contribution in [3.05, 3.63) is 35.4 Å². The number of benzene rings is 1. The van der Waals surface area contributed by atoms with E-state index in [0.29, 0.717) is 12.8 Å². The molecular weight excluding hydrogens is 222 g/mol. The summed E-state index contributed by atoms with van der Waals surface area (Å²) < 4.78 is 26.6. The maximum Gasteiger partial charge on any atom is 0.132 e. The van der Waals surface area contributed by atoms with Crippen molar-refractivity contribution in [2.75, 3.05) is 0 Å². The highest BCUT2D eigenvalue weighted by atomic mass is 19.1. The maximum atomic E-state index is 13.7. The first kappa shape index (κ1) is 12.5. The van der Waals surface area contributed by atoms with Gasteiger partial charge in [0.05, 0.1) is 5.60 Å². The van der Waals surface area contributed by atoms with Gasteiger partial charge in [-0.25, -0.2) is 8.78 Å². The molecule has 0 aliphatic heterocycles. The third-order valence-corrected chi connectivity index (χ3v) is 3.61. The van der Waals surface area contributed by atoms with Gasteiger partial charge in [0, 0.05) is 11.6 Å². The number of aliphatic hydroxyl groups is 1. The van der Waals surface area contributed by atoms with Crippen LogP contribution in [-0.2, 0) is 5.60 Å². The zero-order valence-corrected chi connectivity index (χ0v) is 9.88. The second-order valence-corrected chi connectivity index (χ2v) is 4.92. The standard InChI is InChI=1S/C14H18F2O/c15-11-6-7-12(13(16)10-11)14(17)8-4-2-1-3-5-9-14/h6-7,10,17H,1-5,8-9H2. The number of hydrogen-bond donors (Lipinski definition) is 1. The minimum atomic E-state index is -1.11. The molecule has 0 bridgehead atoms. The monoisotopic (exact) mass is 240 g/mol. The zero-order chi connectivity index (χ0) is 12.3. The molecule has 1 nitrogen and oxygen atoms in total. The lowest BCUT2D eigenvalue weighted by Crippen LogP contribution is -2.28. The van der Waals surface area contributed by atoms with Crippen LogP contribution in [0.15, 0.2) is 18.2 Å². The Bertz CT molecular complexity index is 382. The summed E-state index contributed by atoms with van der Waals surface area (Å²) in [5.74, 6) is -1.23. The second-order valence-electron chi connectivity index (χ2n) is 4.92. The summed E-state index contributed by atoms with van der Waals surface area (Å²) >= 11 is 0. The first-order chi connectivity index (χ1) is 8.12. The zero-order valence-electron chi connectivity index (χ0n) is 9.88. The van der Waals surface area contributed by atoms with Crippen molar-refractivity contribution in [3.63, 3.8) is 0 Å². The van der Waals surface area contributed by atoms with Crippen LogP contribution in [0.1, 0.15) is 50.5 Å². The fourth-order valence-corrected chi connectivity index (χ4v) is 2.63. The molecule has 1 N–H and O–H groups in total. The van der Waals surface area contributed by atoms with Gasteiger partial charge in [-0.2, -0.15) is 0 Å². The van der Waals surface area contributed by atoms with Gasteiger partial charge >= 0.3 is 0 Å². The van der Waals surface area contributed by atoms with Crippen LogP contribution in [0.2, 0.25) is 0 Å². The molecule has 17 heavy (non-hydrogen) atoms.